The van der Waals surface area contributed by atoms with E-state index in [1.807, 2.05) is 38.1 Å². The third-order valence-electron chi connectivity index (χ3n) is 4.67. The molecule has 144 valence electrons. The van der Waals surface area contributed by atoms with Crippen LogP contribution in [0.5, 0.6) is 11.5 Å². The Kier molecular flexibility index (Phi) is 4.88. The van der Waals surface area contributed by atoms with Crippen molar-refractivity contribution in [1.82, 2.24) is 9.88 Å². The first-order valence-electron chi connectivity index (χ1n) is 8.89. The second kappa shape index (κ2) is 7.48. The summed E-state index contributed by atoms with van der Waals surface area (Å²) < 4.78 is 12.7. The minimum absolute atomic E-state index is 0.202. The van der Waals surface area contributed by atoms with E-state index in [1.54, 1.807) is 18.2 Å². The molecule has 28 heavy (non-hydrogen) atoms. The fourth-order valence-electron chi connectivity index (χ4n) is 3.35. The molecule has 0 fully saturated rings. The highest BCUT2D eigenvalue weighted by atomic mass is 35.5. The number of carbonyl (C=O) groups is 1. The molecule has 6 nitrogen and oxygen atoms in total. The number of carbonyl (C=O) groups excluding carboxylic acids is 1. The molecular formula is C21H20ClN3O3. The van der Waals surface area contributed by atoms with Gasteiger partial charge in [0.25, 0.3) is 0 Å². The fraction of sp³-hybridized carbons (Fsp3) is 0.190. The Morgan fingerprint density at radius 1 is 1.11 bits per heavy atom. The van der Waals surface area contributed by atoms with E-state index in [4.69, 9.17) is 21.1 Å². The Balaban J connectivity index is 1.43. The van der Waals surface area contributed by atoms with E-state index in [0.29, 0.717) is 28.8 Å². The topological polar surface area (TPSA) is 64.5 Å². The van der Waals surface area contributed by atoms with Crippen LogP contribution >= 0.6 is 11.6 Å². The van der Waals surface area contributed by atoms with Crippen molar-refractivity contribution in [3.05, 3.63) is 70.5 Å². The maximum atomic E-state index is 12.3. The zero-order chi connectivity index (χ0) is 19.7. The summed E-state index contributed by atoms with van der Waals surface area (Å²) in [6.07, 6.45) is 0. The van der Waals surface area contributed by atoms with Crippen molar-refractivity contribution in [2.24, 2.45) is 0 Å². The number of aromatic nitrogens is 1. The quantitative estimate of drug-likeness (QED) is 0.664. The maximum Gasteiger partial charge on any atom is 0.319 e. The van der Waals surface area contributed by atoms with Gasteiger partial charge in [0.2, 0.25) is 6.79 Å². The third-order valence-corrected chi connectivity index (χ3v) is 4.91. The van der Waals surface area contributed by atoms with Gasteiger partial charge in [-0.05, 0) is 55.8 Å². The average Bonchev–Trinajstić information content (AvgIpc) is 3.23. The molecule has 0 spiro atoms. The lowest BCUT2D eigenvalue weighted by atomic mass is 10.2. The molecule has 1 aliphatic rings. The van der Waals surface area contributed by atoms with Crippen LogP contribution in [-0.2, 0) is 6.54 Å². The number of ether oxygens (including phenoxy) is 2. The second-order valence-electron chi connectivity index (χ2n) is 6.59. The smallest absolute Gasteiger partial charge is 0.319 e. The van der Waals surface area contributed by atoms with Crippen molar-refractivity contribution in [3.63, 3.8) is 0 Å². The van der Waals surface area contributed by atoms with Gasteiger partial charge >= 0.3 is 6.03 Å². The summed E-state index contributed by atoms with van der Waals surface area (Å²) in [4.78, 5) is 12.3. The zero-order valence-corrected chi connectivity index (χ0v) is 16.3. The van der Waals surface area contributed by atoms with Crippen LogP contribution in [0.4, 0.5) is 10.5 Å². The molecule has 2 N–H and O–H groups in total. The second-order valence-corrected chi connectivity index (χ2v) is 7.02. The van der Waals surface area contributed by atoms with Crippen LogP contribution in [0.1, 0.15) is 17.0 Å². The molecule has 0 saturated carbocycles. The van der Waals surface area contributed by atoms with Crippen LogP contribution < -0.4 is 20.1 Å². The summed E-state index contributed by atoms with van der Waals surface area (Å²) >= 11 is 6.13. The Morgan fingerprint density at radius 2 is 1.93 bits per heavy atom. The normalized spacial score (nSPS) is 12.1. The largest absolute Gasteiger partial charge is 0.454 e. The highest BCUT2D eigenvalue weighted by molar-refractivity contribution is 6.30. The standard InChI is InChI=1S/C21H20ClN3O3/c1-13-8-15(14(2)25(13)18-5-3-4-16(22)9-18)11-23-21(26)24-17-6-7-19-20(10-17)28-12-27-19/h3-10H,11-12H2,1-2H3,(H2,23,24,26). The van der Waals surface area contributed by atoms with Crippen LogP contribution in [0.25, 0.3) is 5.69 Å². The molecule has 7 heteroatoms. The average molecular weight is 398 g/mol. The number of nitrogens with one attached hydrogen (secondary N) is 2. The van der Waals surface area contributed by atoms with E-state index in [1.165, 1.54) is 0 Å². The summed E-state index contributed by atoms with van der Waals surface area (Å²) in [6, 6.07) is 14.8. The summed E-state index contributed by atoms with van der Waals surface area (Å²) in [7, 11) is 0. The molecule has 3 aromatic rings. The predicted molar refractivity (Wildman–Crippen MR) is 109 cm³/mol. The van der Waals surface area contributed by atoms with Crippen molar-refractivity contribution in [3.8, 4) is 17.2 Å². The van der Waals surface area contributed by atoms with Crippen molar-refractivity contribution in [1.29, 1.82) is 0 Å². The number of amides is 2. The molecule has 1 aliphatic heterocycles. The number of urea groups is 1. The minimum Gasteiger partial charge on any atom is -0.454 e. The number of anilines is 1. The molecule has 2 aromatic carbocycles. The molecule has 1 aromatic heterocycles. The van der Waals surface area contributed by atoms with Gasteiger partial charge in [-0.15, -0.1) is 0 Å². The van der Waals surface area contributed by atoms with Crippen LogP contribution in [0.15, 0.2) is 48.5 Å². The van der Waals surface area contributed by atoms with E-state index in [-0.39, 0.29) is 12.8 Å². The molecule has 0 aliphatic carbocycles. The first kappa shape index (κ1) is 18.3. The Hall–Kier alpha value is -3.12. The monoisotopic (exact) mass is 397 g/mol. The molecule has 2 amide bonds. The minimum atomic E-state index is -0.286. The molecule has 0 saturated heterocycles. The predicted octanol–water partition coefficient (Wildman–Crippen LogP) is 4.80. The van der Waals surface area contributed by atoms with Gasteiger partial charge in [-0.25, -0.2) is 4.79 Å². The van der Waals surface area contributed by atoms with E-state index in [2.05, 4.69) is 21.3 Å². The number of halogens is 1. The van der Waals surface area contributed by atoms with Crippen LogP contribution in [0.3, 0.4) is 0 Å². The summed E-state index contributed by atoms with van der Waals surface area (Å²) in [5.74, 6) is 1.31. The SMILES string of the molecule is Cc1cc(CNC(=O)Nc2ccc3c(c2)OCO3)c(C)n1-c1cccc(Cl)c1. The molecule has 0 bridgehead atoms. The van der Waals surface area contributed by atoms with Gasteiger partial charge in [-0.1, -0.05) is 17.7 Å². The maximum absolute atomic E-state index is 12.3. The first-order chi connectivity index (χ1) is 13.5. The van der Waals surface area contributed by atoms with Crippen molar-refractivity contribution < 1.29 is 14.3 Å². The molecule has 0 atom stereocenters. The number of rotatable bonds is 4. The Morgan fingerprint density at radius 3 is 2.75 bits per heavy atom. The first-order valence-corrected chi connectivity index (χ1v) is 9.27. The number of nitrogens with zero attached hydrogens (tertiary/aromatic N) is 1. The third kappa shape index (κ3) is 3.64. The summed E-state index contributed by atoms with van der Waals surface area (Å²) in [5.41, 5.74) is 4.82. The Bertz CT molecular complexity index is 1050. The molecular weight excluding hydrogens is 378 g/mol. The lowest BCUT2D eigenvalue weighted by molar-refractivity contribution is 0.174. The van der Waals surface area contributed by atoms with Crippen molar-refractivity contribution in [2.75, 3.05) is 12.1 Å². The number of hydrogen-bond acceptors (Lipinski definition) is 3. The molecule has 4 rings (SSSR count). The van der Waals surface area contributed by atoms with Gasteiger partial charge in [0, 0.05) is 40.4 Å². The molecule has 0 radical (unpaired) electrons. The van der Waals surface area contributed by atoms with Crippen molar-refractivity contribution >= 4 is 23.3 Å². The molecule has 0 unspecified atom stereocenters. The van der Waals surface area contributed by atoms with E-state index in [0.717, 1.165) is 22.6 Å². The highest BCUT2D eigenvalue weighted by Gasteiger charge is 2.15. The van der Waals surface area contributed by atoms with E-state index in [9.17, 15) is 4.79 Å². The molecule has 2 heterocycles. The number of hydrogen-bond donors (Lipinski definition) is 2. The lowest BCUT2D eigenvalue weighted by Gasteiger charge is -2.11. The van der Waals surface area contributed by atoms with E-state index < -0.39 is 0 Å². The highest BCUT2D eigenvalue weighted by Crippen LogP contribution is 2.34. The lowest BCUT2D eigenvalue weighted by Crippen LogP contribution is -2.28. The number of fused-ring (bicyclic) bond motifs is 1. The van der Waals surface area contributed by atoms with Gasteiger partial charge in [-0.2, -0.15) is 0 Å². The zero-order valence-electron chi connectivity index (χ0n) is 15.6. The number of benzene rings is 2. The van der Waals surface area contributed by atoms with Gasteiger partial charge in [0.05, 0.1) is 0 Å². The van der Waals surface area contributed by atoms with Crippen molar-refractivity contribution in [2.45, 2.75) is 20.4 Å². The van der Waals surface area contributed by atoms with Crippen LogP contribution in [-0.4, -0.2) is 17.4 Å². The van der Waals surface area contributed by atoms with Crippen LogP contribution in [0, 0.1) is 13.8 Å². The Labute approximate surface area is 168 Å². The van der Waals surface area contributed by atoms with Gasteiger partial charge in [0.1, 0.15) is 0 Å². The van der Waals surface area contributed by atoms with E-state index >= 15 is 0 Å². The summed E-state index contributed by atoms with van der Waals surface area (Å²) in [5, 5.41) is 6.40. The van der Waals surface area contributed by atoms with Gasteiger partial charge in [0.15, 0.2) is 11.5 Å². The van der Waals surface area contributed by atoms with Gasteiger partial charge in [-0.3, -0.25) is 0 Å². The summed E-state index contributed by atoms with van der Waals surface area (Å²) in [6.45, 7) is 4.68. The fourth-order valence-corrected chi connectivity index (χ4v) is 3.53. The van der Waals surface area contributed by atoms with Crippen LogP contribution in [0.2, 0.25) is 5.02 Å². The van der Waals surface area contributed by atoms with Gasteiger partial charge < -0.3 is 24.7 Å². The number of aryl methyl sites for hydroxylation is 1.